The van der Waals surface area contributed by atoms with Crippen LogP contribution in [0.2, 0.25) is 5.02 Å². The average molecular weight is 346 g/mol. The van der Waals surface area contributed by atoms with E-state index in [2.05, 4.69) is 34.3 Å². The first-order valence-electron chi connectivity index (χ1n) is 8.69. The summed E-state index contributed by atoms with van der Waals surface area (Å²) in [4.78, 5) is 8.51. The van der Waals surface area contributed by atoms with Crippen LogP contribution in [0.3, 0.4) is 0 Å². The molecular weight excluding hydrogens is 322 g/mol. The maximum atomic E-state index is 6.39. The second-order valence-electron chi connectivity index (χ2n) is 6.27. The fourth-order valence-electron chi connectivity index (χ4n) is 2.63. The Bertz CT molecular complexity index is 671. The Hall–Kier alpha value is -1.81. The quantitative estimate of drug-likeness (QED) is 0.727. The van der Waals surface area contributed by atoms with Gasteiger partial charge in [-0.3, -0.25) is 0 Å². The third kappa shape index (κ3) is 4.18. The van der Waals surface area contributed by atoms with Crippen molar-refractivity contribution in [1.29, 1.82) is 0 Å². The van der Waals surface area contributed by atoms with Gasteiger partial charge >= 0.3 is 0 Å². The molecule has 0 spiro atoms. The molecule has 4 nitrogen and oxygen atoms in total. The molecule has 1 unspecified atom stereocenters. The summed E-state index contributed by atoms with van der Waals surface area (Å²) in [5.41, 5.74) is 2.07. The van der Waals surface area contributed by atoms with Gasteiger partial charge in [-0.05, 0) is 49.3 Å². The fraction of sp³-hybridized carbons (Fsp3) is 0.474. The number of aromatic nitrogens is 2. The Kier molecular flexibility index (Phi) is 5.56. The number of rotatable bonds is 8. The normalized spacial score (nSPS) is 15.1. The highest BCUT2D eigenvalue weighted by Gasteiger charge is 2.22. The third-order valence-corrected chi connectivity index (χ3v) is 4.78. The van der Waals surface area contributed by atoms with E-state index >= 15 is 0 Å². The monoisotopic (exact) mass is 345 g/mol. The summed E-state index contributed by atoms with van der Waals surface area (Å²) in [6.07, 6.45) is 5.90. The zero-order valence-corrected chi connectivity index (χ0v) is 15.0. The highest BCUT2D eigenvalue weighted by Crippen LogP contribution is 2.31. The summed E-state index contributed by atoms with van der Waals surface area (Å²) in [6, 6.07) is 8.46. The number of hydrogen-bond donors (Lipinski definition) is 1. The summed E-state index contributed by atoms with van der Waals surface area (Å²) in [5.74, 6) is 2.40. The van der Waals surface area contributed by atoms with Crippen LogP contribution >= 0.6 is 11.6 Å². The van der Waals surface area contributed by atoms with Crippen LogP contribution < -0.4 is 10.1 Å². The molecule has 1 aromatic carbocycles. The Balaban J connectivity index is 1.69. The predicted molar refractivity (Wildman–Crippen MR) is 97.7 cm³/mol. The first-order valence-corrected chi connectivity index (χ1v) is 9.07. The minimum atomic E-state index is 0.152. The van der Waals surface area contributed by atoms with E-state index in [1.807, 2.05) is 19.1 Å². The van der Waals surface area contributed by atoms with Gasteiger partial charge < -0.3 is 10.1 Å². The van der Waals surface area contributed by atoms with E-state index in [1.165, 1.54) is 18.4 Å². The van der Waals surface area contributed by atoms with Crippen molar-refractivity contribution in [2.45, 2.75) is 45.6 Å². The van der Waals surface area contributed by atoms with Crippen molar-refractivity contribution in [1.82, 2.24) is 9.97 Å². The van der Waals surface area contributed by atoms with E-state index in [9.17, 15) is 0 Å². The van der Waals surface area contributed by atoms with E-state index in [1.54, 1.807) is 6.33 Å². The van der Waals surface area contributed by atoms with Gasteiger partial charge in [0.15, 0.2) is 0 Å². The Morgan fingerprint density at radius 1 is 1.21 bits per heavy atom. The van der Waals surface area contributed by atoms with Gasteiger partial charge in [-0.15, -0.1) is 0 Å². The Morgan fingerprint density at radius 2 is 1.96 bits per heavy atom. The largest absolute Gasteiger partial charge is 0.493 e. The summed E-state index contributed by atoms with van der Waals surface area (Å²) in [6.45, 7) is 5.02. The lowest BCUT2D eigenvalue weighted by atomic mass is 10.0. The lowest BCUT2D eigenvalue weighted by Crippen LogP contribution is -2.12. The van der Waals surface area contributed by atoms with Gasteiger partial charge in [0.1, 0.15) is 22.9 Å². The van der Waals surface area contributed by atoms with Crippen LogP contribution in [0.4, 0.5) is 5.82 Å². The standard InChI is InChI=1S/C19H24ClN3O/c1-3-16(23-19-18(20)17(4-2)21-12-22-19)14-7-9-15(10-8-14)24-11-13-5-6-13/h7-10,12-13,16H,3-6,11H2,1-2H3,(H,21,22,23). The molecule has 2 aromatic rings. The molecule has 1 aromatic heterocycles. The third-order valence-electron chi connectivity index (χ3n) is 4.38. The molecule has 24 heavy (non-hydrogen) atoms. The average Bonchev–Trinajstić information content (AvgIpc) is 3.44. The van der Waals surface area contributed by atoms with Crippen LogP contribution in [0, 0.1) is 5.92 Å². The predicted octanol–water partition coefficient (Wildman–Crippen LogP) is 5.04. The van der Waals surface area contributed by atoms with Crippen LogP contribution in [-0.4, -0.2) is 16.6 Å². The van der Waals surface area contributed by atoms with E-state index < -0.39 is 0 Å². The van der Waals surface area contributed by atoms with Crippen molar-refractivity contribution in [3.05, 3.63) is 46.9 Å². The zero-order valence-electron chi connectivity index (χ0n) is 14.3. The zero-order chi connectivity index (χ0) is 16.9. The highest BCUT2D eigenvalue weighted by atomic mass is 35.5. The van der Waals surface area contributed by atoms with Gasteiger partial charge in [0, 0.05) is 0 Å². The second-order valence-corrected chi connectivity index (χ2v) is 6.64. The number of benzene rings is 1. The van der Waals surface area contributed by atoms with Crippen LogP contribution in [0.25, 0.3) is 0 Å². The molecule has 0 aliphatic heterocycles. The second kappa shape index (κ2) is 7.84. The summed E-state index contributed by atoms with van der Waals surface area (Å²) in [7, 11) is 0. The SMILES string of the molecule is CCc1ncnc(NC(CC)c2ccc(OCC3CC3)cc2)c1Cl. The molecule has 128 valence electrons. The van der Waals surface area contributed by atoms with Crippen LogP contribution in [0.1, 0.15) is 50.4 Å². The van der Waals surface area contributed by atoms with E-state index in [4.69, 9.17) is 16.3 Å². The van der Waals surface area contributed by atoms with Crippen molar-refractivity contribution < 1.29 is 4.74 Å². The first-order chi connectivity index (χ1) is 11.7. The smallest absolute Gasteiger partial charge is 0.149 e. The fourth-order valence-corrected chi connectivity index (χ4v) is 2.92. The summed E-state index contributed by atoms with van der Waals surface area (Å²) < 4.78 is 5.80. The summed E-state index contributed by atoms with van der Waals surface area (Å²) in [5, 5.41) is 4.06. The van der Waals surface area contributed by atoms with Gasteiger partial charge in [-0.2, -0.15) is 0 Å². The van der Waals surface area contributed by atoms with Gasteiger partial charge in [0.2, 0.25) is 0 Å². The number of nitrogens with zero attached hydrogens (tertiary/aromatic N) is 2. The van der Waals surface area contributed by atoms with Crippen molar-refractivity contribution in [3.8, 4) is 5.75 Å². The van der Waals surface area contributed by atoms with Crippen LogP contribution in [0.15, 0.2) is 30.6 Å². The minimum absolute atomic E-state index is 0.152. The van der Waals surface area contributed by atoms with Crippen molar-refractivity contribution >= 4 is 17.4 Å². The van der Waals surface area contributed by atoms with Crippen molar-refractivity contribution in [2.24, 2.45) is 5.92 Å². The number of aryl methyl sites for hydroxylation is 1. The molecule has 0 bridgehead atoms. The van der Waals surface area contributed by atoms with Gasteiger partial charge in [0.25, 0.3) is 0 Å². The highest BCUT2D eigenvalue weighted by molar-refractivity contribution is 6.33. The molecule has 5 heteroatoms. The maximum absolute atomic E-state index is 6.39. The molecule has 0 radical (unpaired) electrons. The molecule has 1 heterocycles. The molecular formula is C19H24ClN3O. The molecule has 1 aliphatic carbocycles. The minimum Gasteiger partial charge on any atom is -0.493 e. The lowest BCUT2D eigenvalue weighted by molar-refractivity contribution is 0.299. The summed E-state index contributed by atoms with van der Waals surface area (Å²) >= 11 is 6.39. The Morgan fingerprint density at radius 3 is 2.58 bits per heavy atom. The topological polar surface area (TPSA) is 47.0 Å². The molecule has 1 N–H and O–H groups in total. The van der Waals surface area contributed by atoms with Gasteiger partial charge in [-0.25, -0.2) is 9.97 Å². The lowest BCUT2D eigenvalue weighted by Gasteiger charge is -2.19. The van der Waals surface area contributed by atoms with Crippen molar-refractivity contribution in [3.63, 3.8) is 0 Å². The number of halogens is 1. The van der Waals surface area contributed by atoms with E-state index in [0.29, 0.717) is 10.8 Å². The molecule has 1 saturated carbocycles. The van der Waals surface area contributed by atoms with Crippen LogP contribution in [0.5, 0.6) is 5.75 Å². The number of anilines is 1. The first kappa shape index (κ1) is 17.0. The maximum Gasteiger partial charge on any atom is 0.149 e. The molecule has 3 rings (SSSR count). The number of nitrogens with one attached hydrogen (secondary N) is 1. The van der Waals surface area contributed by atoms with E-state index in [-0.39, 0.29) is 6.04 Å². The van der Waals surface area contributed by atoms with Gasteiger partial charge in [-0.1, -0.05) is 37.6 Å². The molecule has 0 saturated heterocycles. The number of ether oxygens (including phenoxy) is 1. The molecule has 1 aliphatic rings. The van der Waals surface area contributed by atoms with E-state index in [0.717, 1.165) is 36.8 Å². The molecule has 0 amide bonds. The molecule has 1 fully saturated rings. The Labute approximate surface area is 148 Å². The van der Waals surface area contributed by atoms with Crippen molar-refractivity contribution in [2.75, 3.05) is 11.9 Å². The van der Waals surface area contributed by atoms with Crippen LogP contribution in [-0.2, 0) is 6.42 Å². The molecule has 1 atom stereocenters. The van der Waals surface area contributed by atoms with Gasteiger partial charge in [0.05, 0.1) is 18.3 Å². The number of hydrogen-bond acceptors (Lipinski definition) is 4.